The topological polar surface area (TPSA) is 26.0 Å². The molecule has 0 heterocycles. The van der Waals surface area contributed by atoms with E-state index in [1.165, 1.54) is 0 Å². The molecule has 0 bridgehead atoms. The molecular weight excluding hydrogens is 336 g/mol. The van der Waals surface area contributed by atoms with Crippen molar-refractivity contribution in [3.63, 3.8) is 0 Å². The number of hydrogen-bond donors (Lipinski definition) is 1. The van der Waals surface area contributed by atoms with Crippen LogP contribution in [0.15, 0.2) is 21.5 Å². The fourth-order valence-corrected chi connectivity index (χ4v) is 2.20. The highest BCUT2D eigenvalue weighted by Gasteiger charge is 2.36. The van der Waals surface area contributed by atoms with Crippen molar-refractivity contribution in [2.24, 2.45) is 0 Å². The average molecular weight is 340 g/mol. The van der Waals surface area contributed by atoms with Crippen LogP contribution in [0.3, 0.4) is 0 Å². The Bertz CT molecular complexity index is 427. The summed E-state index contributed by atoms with van der Waals surface area (Å²) in [6.45, 7) is 0. The number of halogens is 7. The Hall–Kier alpha value is -0.570. The first-order chi connectivity index (χ1) is 7.50. The van der Waals surface area contributed by atoms with E-state index in [0.29, 0.717) is 6.07 Å². The fourth-order valence-electron chi connectivity index (χ4n) is 1.02. The molecule has 0 saturated heterocycles. The summed E-state index contributed by atoms with van der Waals surface area (Å²) < 4.78 is 73.3. The number of benzene rings is 1. The summed E-state index contributed by atoms with van der Waals surface area (Å²) in [5, 5.41) is 0. The number of nitrogens with two attached hydrogens (primary N) is 1. The zero-order chi connectivity index (χ0) is 13.4. The zero-order valence-corrected chi connectivity index (χ0v) is 10.2. The molecular formula is C8H4BrF6NS. The third-order valence-electron chi connectivity index (χ3n) is 1.64. The quantitative estimate of drug-likeness (QED) is 0.457. The van der Waals surface area contributed by atoms with Crippen molar-refractivity contribution in [2.75, 3.05) is 5.73 Å². The number of thioether (sulfide) groups is 1. The Labute approximate surface area is 104 Å². The minimum Gasteiger partial charge on any atom is -0.398 e. The van der Waals surface area contributed by atoms with Gasteiger partial charge in [-0.1, -0.05) is 0 Å². The minimum atomic E-state index is -4.79. The molecule has 96 valence electrons. The normalized spacial score (nSPS) is 12.9. The predicted molar refractivity (Wildman–Crippen MR) is 55.5 cm³/mol. The molecule has 0 aromatic heterocycles. The Morgan fingerprint density at radius 1 is 1.06 bits per heavy atom. The molecule has 0 aliphatic heterocycles. The number of hydrogen-bond acceptors (Lipinski definition) is 2. The van der Waals surface area contributed by atoms with Crippen molar-refractivity contribution in [2.45, 2.75) is 16.6 Å². The van der Waals surface area contributed by atoms with Crippen LogP contribution in [0, 0.1) is 0 Å². The molecule has 9 heteroatoms. The fraction of sp³-hybridized carbons (Fsp3) is 0.250. The predicted octanol–water partition coefficient (Wildman–Crippen LogP) is 4.66. The van der Waals surface area contributed by atoms with Gasteiger partial charge in [-0.15, -0.1) is 0 Å². The van der Waals surface area contributed by atoms with Gasteiger partial charge in [-0.3, -0.25) is 0 Å². The molecule has 2 N–H and O–H groups in total. The summed E-state index contributed by atoms with van der Waals surface area (Å²) in [6.07, 6.45) is -4.79. The molecule has 1 aromatic rings. The van der Waals surface area contributed by atoms with E-state index < -0.39 is 39.6 Å². The lowest BCUT2D eigenvalue weighted by Crippen LogP contribution is -2.10. The summed E-state index contributed by atoms with van der Waals surface area (Å²) in [5.74, 6) is 0. The summed E-state index contributed by atoms with van der Waals surface area (Å²) in [5.41, 5.74) is -1.48. The van der Waals surface area contributed by atoms with Crippen LogP contribution in [-0.4, -0.2) is 5.51 Å². The van der Waals surface area contributed by atoms with Gasteiger partial charge in [-0.25, -0.2) is 0 Å². The number of rotatable bonds is 1. The first kappa shape index (κ1) is 14.5. The molecule has 0 saturated carbocycles. The maximum absolute atomic E-state index is 12.4. The summed E-state index contributed by atoms with van der Waals surface area (Å²) in [7, 11) is 0. The van der Waals surface area contributed by atoms with Crippen LogP contribution < -0.4 is 5.73 Å². The van der Waals surface area contributed by atoms with Crippen molar-refractivity contribution in [3.05, 3.63) is 22.2 Å². The molecule has 0 atom stereocenters. The maximum atomic E-state index is 12.4. The molecule has 0 spiro atoms. The largest absolute Gasteiger partial charge is 0.446 e. The SMILES string of the molecule is Nc1cc(Br)c(SC(F)(F)F)cc1C(F)(F)F. The van der Waals surface area contributed by atoms with Gasteiger partial charge in [0.25, 0.3) is 0 Å². The van der Waals surface area contributed by atoms with Crippen molar-refractivity contribution >= 4 is 33.4 Å². The molecule has 1 aromatic carbocycles. The third kappa shape index (κ3) is 3.98. The van der Waals surface area contributed by atoms with E-state index in [2.05, 4.69) is 15.9 Å². The Morgan fingerprint density at radius 2 is 1.59 bits per heavy atom. The van der Waals surface area contributed by atoms with E-state index in [4.69, 9.17) is 5.73 Å². The summed E-state index contributed by atoms with van der Waals surface area (Å²) >= 11 is 2.10. The van der Waals surface area contributed by atoms with E-state index in [1.807, 2.05) is 0 Å². The van der Waals surface area contributed by atoms with Crippen LogP contribution in [0.25, 0.3) is 0 Å². The zero-order valence-electron chi connectivity index (χ0n) is 7.79. The van der Waals surface area contributed by atoms with E-state index in [-0.39, 0.29) is 4.47 Å². The first-order valence-corrected chi connectivity index (χ1v) is 5.53. The van der Waals surface area contributed by atoms with Gasteiger partial charge in [-0.2, -0.15) is 26.3 Å². The van der Waals surface area contributed by atoms with Crippen molar-refractivity contribution in [1.29, 1.82) is 0 Å². The summed E-state index contributed by atoms with van der Waals surface area (Å²) in [6, 6.07) is 1.18. The van der Waals surface area contributed by atoms with Gasteiger partial charge in [0, 0.05) is 15.1 Å². The highest BCUT2D eigenvalue weighted by Crippen LogP contribution is 2.44. The number of nitrogen functional groups attached to an aromatic ring is 1. The molecule has 0 aliphatic carbocycles. The van der Waals surface area contributed by atoms with Crippen LogP contribution in [0.1, 0.15) is 5.56 Å². The van der Waals surface area contributed by atoms with Gasteiger partial charge < -0.3 is 5.73 Å². The first-order valence-electron chi connectivity index (χ1n) is 3.92. The molecule has 0 fully saturated rings. The van der Waals surface area contributed by atoms with Gasteiger partial charge in [0.1, 0.15) is 0 Å². The van der Waals surface area contributed by atoms with E-state index in [9.17, 15) is 26.3 Å². The smallest absolute Gasteiger partial charge is 0.398 e. The molecule has 0 unspecified atom stereocenters. The monoisotopic (exact) mass is 339 g/mol. The van der Waals surface area contributed by atoms with Gasteiger partial charge in [0.2, 0.25) is 0 Å². The molecule has 17 heavy (non-hydrogen) atoms. The van der Waals surface area contributed by atoms with Crippen LogP contribution in [-0.2, 0) is 6.18 Å². The molecule has 0 aliphatic rings. The number of alkyl halides is 6. The van der Waals surface area contributed by atoms with Crippen LogP contribution in [0.2, 0.25) is 0 Å². The van der Waals surface area contributed by atoms with E-state index in [1.54, 1.807) is 0 Å². The Morgan fingerprint density at radius 3 is 2.00 bits per heavy atom. The highest BCUT2D eigenvalue weighted by molar-refractivity contribution is 9.10. The van der Waals surface area contributed by atoms with E-state index >= 15 is 0 Å². The highest BCUT2D eigenvalue weighted by atomic mass is 79.9. The van der Waals surface area contributed by atoms with E-state index in [0.717, 1.165) is 6.07 Å². The third-order valence-corrected chi connectivity index (χ3v) is 3.34. The molecule has 0 amide bonds. The van der Waals surface area contributed by atoms with Crippen molar-refractivity contribution < 1.29 is 26.3 Å². The average Bonchev–Trinajstić information content (AvgIpc) is 2.05. The lowest BCUT2D eigenvalue weighted by Gasteiger charge is -2.14. The molecule has 0 radical (unpaired) electrons. The minimum absolute atomic E-state index is 0.134. The van der Waals surface area contributed by atoms with Gasteiger partial charge in [-0.05, 0) is 39.8 Å². The lowest BCUT2D eigenvalue weighted by atomic mass is 10.2. The van der Waals surface area contributed by atoms with Gasteiger partial charge in [0.05, 0.1) is 5.56 Å². The van der Waals surface area contributed by atoms with Crippen molar-refractivity contribution in [1.82, 2.24) is 0 Å². The van der Waals surface area contributed by atoms with Crippen LogP contribution in [0.5, 0.6) is 0 Å². The summed E-state index contributed by atoms with van der Waals surface area (Å²) in [4.78, 5) is -0.584. The van der Waals surface area contributed by atoms with Crippen LogP contribution in [0.4, 0.5) is 32.0 Å². The van der Waals surface area contributed by atoms with Crippen molar-refractivity contribution in [3.8, 4) is 0 Å². The number of anilines is 1. The van der Waals surface area contributed by atoms with Crippen LogP contribution >= 0.6 is 27.7 Å². The second-order valence-electron chi connectivity index (χ2n) is 2.92. The van der Waals surface area contributed by atoms with Gasteiger partial charge >= 0.3 is 11.7 Å². The molecule has 1 nitrogen and oxygen atoms in total. The second kappa shape index (κ2) is 4.60. The maximum Gasteiger partial charge on any atom is 0.446 e. The van der Waals surface area contributed by atoms with Gasteiger partial charge in [0.15, 0.2) is 0 Å². The second-order valence-corrected chi connectivity index (χ2v) is 4.88. The standard InChI is InChI=1S/C8H4BrF6NS/c9-4-2-5(16)3(7(10,11)12)1-6(4)17-8(13,14)15/h1-2H,16H2. The Balaban J connectivity index is 3.25. The Kier molecular flexibility index (Phi) is 3.92. The molecule has 1 rings (SSSR count). The lowest BCUT2D eigenvalue weighted by molar-refractivity contribution is -0.137.